The van der Waals surface area contributed by atoms with E-state index >= 15 is 0 Å². The molecule has 1 amide bonds. The summed E-state index contributed by atoms with van der Waals surface area (Å²) in [5, 5.41) is 3.99. The Hall–Kier alpha value is -1.81. The Morgan fingerprint density at radius 2 is 2.09 bits per heavy atom. The molecule has 3 rings (SSSR count). The smallest absolute Gasteiger partial charge is 0.224 e. The summed E-state index contributed by atoms with van der Waals surface area (Å²) in [5.74, 6) is 0.833. The van der Waals surface area contributed by atoms with E-state index in [4.69, 9.17) is 9.15 Å². The minimum Gasteiger partial charge on any atom is -0.464 e. The fraction of sp³-hybridized carbons (Fsp3) is 0.526. The highest BCUT2D eigenvalue weighted by molar-refractivity contribution is 5.88. The Kier molecular flexibility index (Phi) is 5.01. The van der Waals surface area contributed by atoms with Crippen molar-refractivity contribution in [3.05, 3.63) is 35.1 Å². The van der Waals surface area contributed by atoms with Crippen molar-refractivity contribution in [3.63, 3.8) is 0 Å². The Labute approximate surface area is 137 Å². The SMILES string of the molecule is Cc1cc2occ(CC(=O)NCCCOCC3CC3)c2cc1C. The number of benzene rings is 1. The number of rotatable bonds is 8. The molecule has 1 saturated carbocycles. The molecule has 0 spiro atoms. The maximum absolute atomic E-state index is 12.1. The first-order valence-electron chi connectivity index (χ1n) is 8.45. The number of carbonyl (C=O) groups excluding carboxylic acids is 1. The van der Waals surface area contributed by atoms with Crippen molar-refractivity contribution in [3.8, 4) is 0 Å². The van der Waals surface area contributed by atoms with Gasteiger partial charge in [-0.1, -0.05) is 0 Å². The first kappa shape index (κ1) is 16.1. The van der Waals surface area contributed by atoms with Gasteiger partial charge in [-0.3, -0.25) is 4.79 Å². The van der Waals surface area contributed by atoms with E-state index in [1.165, 1.54) is 24.0 Å². The maximum Gasteiger partial charge on any atom is 0.224 e. The third-order valence-electron chi connectivity index (χ3n) is 4.46. The van der Waals surface area contributed by atoms with E-state index in [1.807, 2.05) is 6.07 Å². The number of aryl methyl sites for hydroxylation is 2. The van der Waals surface area contributed by atoms with Gasteiger partial charge >= 0.3 is 0 Å². The lowest BCUT2D eigenvalue weighted by Gasteiger charge is -2.06. The number of hydrogen-bond donors (Lipinski definition) is 1. The van der Waals surface area contributed by atoms with Gasteiger partial charge in [0.05, 0.1) is 12.7 Å². The molecule has 1 heterocycles. The number of amides is 1. The summed E-state index contributed by atoms with van der Waals surface area (Å²) >= 11 is 0. The number of carbonyl (C=O) groups is 1. The number of ether oxygens (including phenoxy) is 1. The zero-order valence-corrected chi connectivity index (χ0v) is 14.0. The number of hydrogen-bond acceptors (Lipinski definition) is 3. The predicted molar refractivity (Wildman–Crippen MR) is 90.6 cm³/mol. The molecule has 1 aliphatic carbocycles. The van der Waals surface area contributed by atoms with E-state index in [1.54, 1.807) is 6.26 Å². The fourth-order valence-corrected chi connectivity index (χ4v) is 2.65. The van der Waals surface area contributed by atoms with E-state index in [-0.39, 0.29) is 5.91 Å². The van der Waals surface area contributed by atoms with Crippen LogP contribution < -0.4 is 5.32 Å². The first-order chi connectivity index (χ1) is 11.1. The van der Waals surface area contributed by atoms with Crippen LogP contribution in [0.25, 0.3) is 11.0 Å². The van der Waals surface area contributed by atoms with Crippen LogP contribution in [-0.2, 0) is 16.0 Å². The quantitative estimate of drug-likeness (QED) is 0.758. The van der Waals surface area contributed by atoms with Crippen molar-refractivity contribution in [1.29, 1.82) is 0 Å². The van der Waals surface area contributed by atoms with Crippen molar-refractivity contribution in [1.82, 2.24) is 5.32 Å². The first-order valence-corrected chi connectivity index (χ1v) is 8.45. The second-order valence-electron chi connectivity index (χ2n) is 6.59. The molecule has 23 heavy (non-hydrogen) atoms. The van der Waals surface area contributed by atoms with Crippen LogP contribution in [-0.4, -0.2) is 25.7 Å². The molecule has 1 fully saturated rings. The summed E-state index contributed by atoms with van der Waals surface area (Å²) in [6.45, 7) is 6.41. The van der Waals surface area contributed by atoms with E-state index in [0.717, 1.165) is 42.1 Å². The predicted octanol–water partition coefficient (Wildman–Crippen LogP) is 3.53. The van der Waals surface area contributed by atoms with Crippen LogP contribution >= 0.6 is 0 Å². The third kappa shape index (κ3) is 4.35. The highest BCUT2D eigenvalue weighted by Gasteiger charge is 2.20. The maximum atomic E-state index is 12.1. The lowest BCUT2D eigenvalue weighted by molar-refractivity contribution is -0.120. The molecule has 0 radical (unpaired) electrons. The molecule has 0 atom stereocenters. The van der Waals surface area contributed by atoms with Crippen LogP contribution in [0.2, 0.25) is 0 Å². The molecule has 0 unspecified atom stereocenters. The van der Waals surface area contributed by atoms with Gasteiger partial charge in [0.25, 0.3) is 0 Å². The minimum atomic E-state index is 0.0353. The summed E-state index contributed by atoms with van der Waals surface area (Å²) in [6, 6.07) is 4.13. The highest BCUT2D eigenvalue weighted by Crippen LogP contribution is 2.28. The van der Waals surface area contributed by atoms with Crippen LogP contribution in [0.3, 0.4) is 0 Å². The molecule has 4 heteroatoms. The van der Waals surface area contributed by atoms with Gasteiger partial charge in [0.15, 0.2) is 0 Å². The Balaban J connectivity index is 1.44. The standard InChI is InChI=1S/C19H25NO3/c1-13-8-17-16(12-23-18(17)9-14(13)2)10-19(21)20-6-3-7-22-11-15-4-5-15/h8-9,12,15H,3-7,10-11H2,1-2H3,(H,20,21). The lowest BCUT2D eigenvalue weighted by Crippen LogP contribution is -2.26. The molecule has 0 aliphatic heterocycles. The molecule has 1 aliphatic rings. The van der Waals surface area contributed by atoms with Gasteiger partial charge in [0, 0.05) is 30.7 Å². The van der Waals surface area contributed by atoms with Crippen LogP contribution in [0.15, 0.2) is 22.8 Å². The number of nitrogens with one attached hydrogen (secondary N) is 1. The molecule has 2 aromatic rings. The summed E-state index contributed by atoms with van der Waals surface area (Å²) < 4.78 is 11.1. The van der Waals surface area contributed by atoms with Gasteiger partial charge in [-0.25, -0.2) is 0 Å². The average molecular weight is 315 g/mol. The van der Waals surface area contributed by atoms with Crippen LogP contribution in [0.5, 0.6) is 0 Å². The second kappa shape index (κ2) is 7.18. The van der Waals surface area contributed by atoms with E-state index < -0.39 is 0 Å². The molecular formula is C19H25NO3. The van der Waals surface area contributed by atoms with Crippen LogP contribution in [0, 0.1) is 19.8 Å². The van der Waals surface area contributed by atoms with E-state index in [0.29, 0.717) is 13.0 Å². The molecular weight excluding hydrogens is 290 g/mol. The molecule has 1 aromatic carbocycles. The van der Waals surface area contributed by atoms with Gasteiger partial charge in [0.1, 0.15) is 5.58 Å². The Morgan fingerprint density at radius 3 is 2.87 bits per heavy atom. The van der Waals surface area contributed by atoms with Gasteiger partial charge in [-0.15, -0.1) is 0 Å². The summed E-state index contributed by atoms with van der Waals surface area (Å²) in [7, 11) is 0. The van der Waals surface area contributed by atoms with Crippen molar-refractivity contribution >= 4 is 16.9 Å². The number of fused-ring (bicyclic) bond motifs is 1. The normalized spacial score (nSPS) is 14.3. The third-order valence-corrected chi connectivity index (χ3v) is 4.46. The van der Waals surface area contributed by atoms with E-state index in [2.05, 4.69) is 25.2 Å². The minimum absolute atomic E-state index is 0.0353. The van der Waals surface area contributed by atoms with Crippen LogP contribution in [0.1, 0.15) is 36.0 Å². The number of furan rings is 1. The zero-order valence-electron chi connectivity index (χ0n) is 14.0. The van der Waals surface area contributed by atoms with Crippen molar-refractivity contribution in [2.24, 2.45) is 5.92 Å². The summed E-state index contributed by atoms with van der Waals surface area (Å²) in [4.78, 5) is 12.1. The van der Waals surface area contributed by atoms with Gasteiger partial charge in [0.2, 0.25) is 5.91 Å². The van der Waals surface area contributed by atoms with Crippen LogP contribution in [0.4, 0.5) is 0 Å². The highest BCUT2D eigenvalue weighted by atomic mass is 16.5. The molecule has 1 aromatic heterocycles. The van der Waals surface area contributed by atoms with Crippen molar-refractivity contribution < 1.29 is 13.9 Å². The lowest BCUT2D eigenvalue weighted by atomic mass is 10.0. The van der Waals surface area contributed by atoms with E-state index in [9.17, 15) is 4.79 Å². The Bertz CT molecular complexity index is 685. The van der Waals surface area contributed by atoms with Gasteiger partial charge in [-0.2, -0.15) is 0 Å². The summed E-state index contributed by atoms with van der Waals surface area (Å²) in [6.07, 6.45) is 5.55. The molecule has 1 N–H and O–H groups in total. The average Bonchev–Trinajstić information content (AvgIpc) is 3.27. The molecule has 0 bridgehead atoms. The molecule has 124 valence electrons. The van der Waals surface area contributed by atoms with Crippen molar-refractivity contribution in [2.75, 3.05) is 19.8 Å². The monoisotopic (exact) mass is 315 g/mol. The van der Waals surface area contributed by atoms with Gasteiger partial charge in [-0.05, 0) is 62.3 Å². The summed E-state index contributed by atoms with van der Waals surface area (Å²) in [5.41, 5.74) is 4.22. The molecule has 0 saturated heterocycles. The Morgan fingerprint density at radius 1 is 1.30 bits per heavy atom. The topological polar surface area (TPSA) is 51.5 Å². The van der Waals surface area contributed by atoms with Crippen molar-refractivity contribution in [2.45, 2.75) is 39.5 Å². The second-order valence-corrected chi connectivity index (χ2v) is 6.59. The zero-order chi connectivity index (χ0) is 16.2. The largest absolute Gasteiger partial charge is 0.464 e. The fourth-order valence-electron chi connectivity index (χ4n) is 2.65. The van der Waals surface area contributed by atoms with Gasteiger partial charge < -0.3 is 14.5 Å². The molecule has 4 nitrogen and oxygen atoms in total.